The smallest absolute Gasteiger partial charge is 0.254 e. The number of amides is 1. The van der Waals surface area contributed by atoms with Crippen molar-refractivity contribution in [1.29, 1.82) is 0 Å². The third-order valence-corrected chi connectivity index (χ3v) is 5.70. The average Bonchev–Trinajstić information content (AvgIpc) is 2.83. The van der Waals surface area contributed by atoms with Gasteiger partial charge >= 0.3 is 0 Å². The average molecular weight is 344 g/mol. The first-order chi connectivity index (χ1) is 10.7. The summed E-state index contributed by atoms with van der Waals surface area (Å²) in [6.07, 6.45) is 2.29. The Morgan fingerprint density at radius 1 is 1.39 bits per heavy atom. The van der Waals surface area contributed by atoms with Gasteiger partial charge in [0, 0.05) is 26.7 Å². The molecule has 1 aliphatic heterocycles. The van der Waals surface area contributed by atoms with Crippen LogP contribution in [0.2, 0.25) is 0 Å². The minimum atomic E-state index is -3.18. The molecule has 2 heterocycles. The number of hydrogen-bond acceptors (Lipinski definition) is 5. The number of carbonyl (C=O) groups excluding carboxylic acids is 1. The molecule has 0 bridgehead atoms. The van der Waals surface area contributed by atoms with Crippen molar-refractivity contribution in [3.63, 3.8) is 0 Å². The highest BCUT2D eigenvalue weighted by Crippen LogP contribution is 2.26. The zero-order valence-electron chi connectivity index (χ0n) is 14.0. The molecule has 1 aromatic rings. The third-order valence-electron chi connectivity index (χ3n) is 4.39. The number of carbonyl (C=O) groups is 1. The highest BCUT2D eigenvalue weighted by molar-refractivity contribution is 7.88. The van der Waals surface area contributed by atoms with Crippen LogP contribution in [0.1, 0.15) is 34.7 Å². The monoisotopic (exact) mass is 344 g/mol. The molecule has 0 radical (unpaired) electrons. The lowest BCUT2D eigenvalue weighted by Gasteiger charge is -2.39. The number of nitrogens with one attached hydrogen (secondary N) is 1. The zero-order valence-corrected chi connectivity index (χ0v) is 14.8. The van der Waals surface area contributed by atoms with Crippen molar-refractivity contribution < 1.29 is 22.4 Å². The molecule has 2 rings (SSSR count). The molecule has 1 N–H and O–H groups in total. The van der Waals surface area contributed by atoms with Crippen LogP contribution in [0, 0.1) is 13.8 Å². The maximum absolute atomic E-state index is 12.3. The summed E-state index contributed by atoms with van der Waals surface area (Å²) in [7, 11) is -1.59. The molecule has 8 heteroatoms. The molecule has 0 spiro atoms. The van der Waals surface area contributed by atoms with E-state index >= 15 is 0 Å². The maximum Gasteiger partial charge on any atom is 0.254 e. The number of piperidine rings is 1. The quantitative estimate of drug-likeness (QED) is 0.863. The van der Waals surface area contributed by atoms with Gasteiger partial charge in [-0.25, -0.2) is 12.7 Å². The van der Waals surface area contributed by atoms with Crippen molar-refractivity contribution in [2.75, 3.05) is 33.0 Å². The molecule has 1 amide bonds. The second-order valence-electron chi connectivity index (χ2n) is 6.06. The fourth-order valence-electron chi connectivity index (χ4n) is 2.87. The Labute approximate surface area is 137 Å². The van der Waals surface area contributed by atoms with Gasteiger partial charge in [-0.3, -0.25) is 4.79 Å². The molecule has 0 atom stereocenters. The Morgan fingerprint density at radius 3 is 2.43 bits per heavy atom. The van der Waals surface area contributed by atoms with E-state index < -0.39 is 15.6 Å². The van der Waals surface area contributed by atoms with Gasteiger partial charge in [0.15, 0.2) is 0 Å². The SMILES string of the molecule is COC1(CNC(=O)c2cc(C)oc2C)CCN(S(C)(=O)=O)CC1. The zero-order chi connectivity index (χ0) is 17.3. The lowest BCUT2D eigenvalue weighted by molar-refractivity contribution is -0.0424. The van der Waals surface area contributed by atoms with Crippen molar-refractivity contribution in [1.82, 2.24) is 9.62 Å². The summed E-state index contributed by atoms with van der Waals surface area (Å²) in [6, 6.07) is 1.70. The first-order valence-electron chi connectivity index (χ1n) is 7.52. The van der Waals surface area contributed by atoms with E-state index in [2.05, 4.69) is 5.32 Å². The third kappa shape index (κ3) is 4.13. The number of nitrogens with zero attached hydrogens (tertiary/aromatic N) is 1. The van der Waals surface area contributed by atoms with Crippen LogP contribution >= 0.6 is 0 Å². The molecule has 130 valence electrons. The van der Waals surface area contributed by atoms with Crippen LogP contribution in [0.25, 0.3) is 0 Å². The van der Waals surface area contributed by atoms with Crippen LogP contribution in [0.5, 0.6) is 0 Å². The van der Waals surface area contributed by atoms with Gasteiger partial charge in [0.2, 0.25) is 10.0 Å². The summed E-state index contributed by atoms with van der Waals surface area (Å²) < 4.78 is 35.6. The molecule has 0 saturated carbocycles. The number of sulfonamides is 1. The molecular formula is C15H24N2O5S. The summed E-state index contributed by atoms with van der Waals surface area (Å²) in [5.41, 5.74) is -0.0221. The van der Waals surface area contributed by atoms with Crippen LogP contribution in [0.3, 0.4) is 0 Å². The molecule has 1 saturated heterocycles. The van der Waals surface area contributed by atoms with Gasteiger partial charge in [-0.15, -0.1) is 0 Å². The molecule has 1 fully saturated rings. The molecule has 0 aromatic carbocycles. The number of methoxy groups -OCH3 is 1. The molecular weight excluding hydrogens is 320 g/mol. The summed E-state index contributed by atoms with van der Waals surface area (Å²) in [5.74, 6) is 1.07. The van der Waals surface area contributed by atoms with Gasteiger partial charge in [-0.05, 0) is 32.8 Å². The molecule has 7 nitrogen and oxygen atoms in total. The molecule has 1 aromatic heterocycles. The van der Waals surface area contributed by atoms with E-state index in [0.717, 1.165) is 0 Å². The lowest BCUT2D eigenvalue weighted by Crippen LogP contribution is -2.53. The van der Waals surface area contributed by atoms with E-state index in [1.807, 2.05) is 0 Å². The van der Waals surface area contributed by atoms with Crippen LogP contribution in [0.15, 0.2) is 10.5 Å². The van der Waals surface area contributed by atoms with Crippen LogP contribution in [-0.4, -0.2) is 57.2 Å². The number of furan rings is 1. The Balaban J connectivity index is 1.98. The van der Waals surface area contributed by atoms with Gasteiger partial charge < -0.3 is 14.5 Å². The van der Waals surface area contributed by atoms with E-state index in [4.69, 9.17) is 9.15 Å². The molecule has 0 unspecified atom stereocenters. The fraction of sp³-hybridized carbons (Fsp3) is 0.667. The summed E-state index contributed by atoms with van der Waals surface area (Å²) in [6.45, 7) is 4.67. The lowest BCUT2D eigenvalue weighted by atomic mass is 9.92. The summed E-state index contributed by atoms with van der Waals surface area (Å²) >= 11 is 0. The summed E-state index contributed by atoms with van der Waals surface area (Å²) in [5, 5.41) is 2.88. The van der Waals surface area contributed by atoms with Crippen molar-refractivity contribution in [3.8, 4) is 0 Å². The Bertz CT molecular complexity index is 672. The number of ether oxygens (including phenoxy) is 1. The van der Waals surface area contributed by atoms with Crippen molar-refractivity contribution in [2.24, 2.45) is 0 Å². The second kappa shape index (κ2) is 6.62. The number of aryl methyl sites for hydroxylation is 2. The fourth-order valence-corrected chi connectivity index (χ4v) is 3.72. The predicted octanol–water partition coefficient (Wildman–Crippen LogP) is 1.07. The maximum atomic E-state index is 12.3. The minimum Gasteiger partial charge on any atom is -0.466 e. The first kappa shape index (κ1) is 18.0. The van der Waals surface area contributed by atoms with Crippen molar-refractivity contribution >= 4 is 15.9 Å². The molecule has 0 aliphatic carbocycles. The second-order valence-corrected chi connectivity index (χ2v) is 8.04. The van der Waals surface area contributed by atoms with Gasteiger partial charge in [-0.1, -0.05) is 0 Å². The highest BCUT2D eigenvalue weighted by Gasteiger charge is 2.37. The standard InChI is InChI=1S/C15H24N2O5S/c1-11-9-13(12(2)22-11)14(18)16-10-15(21-3)5-7-17(8-6-15)23(4,19)20/h9H,5-8,10H2,1-4H3,(H,16,18). The van der Waals surface area contributed by atoms with E-state index in [0.29, 0.717) is 49.6 Å². The van der Waals surface area contributed by atoms with Gasteiger partial charge in [-0.2, -0.15) is 0 Å². The largest absolute Gasteiger partial charge is 0.466 e. The highest BCUT2D eigenvalue weighted by atomic mass is 32.2. The first-order valence-corrected chi connectivity index (χ1v) is 9.37. The Morgan fingerprint density at radius 2 is 2.00 bits per heavy atom. The minimum absolute atomic E-state index is 0.207. The number of hydrogen-bond donors (Lipinski definition) is 1. The van der Waals surface area contributed by atoms with Gasteiger partial charge in [0.05, 0.1) is 17.4 Å². The van der Waals surface area contributed by atoms with E-state index in [-0.39, 0.29) is 5.91 Å². The van der Waals surface area contributed by atoms with Crippen LogP contribution < -0.4 is 5.32 Å². The van der Waals surface area contributed by atoms with E-state index in [9.17, 15) is 13.2 Å². The van der Waals surface area contributed by atoms with Crippen LogP contribution in [0.4, 0.5) is 0 Å². The molecule has 1 aliphatic rings. The van der Waals surface area contributed by atoms with Crippen molar-refractivity contribution in [3.05, 3.63) is 23.2 Å². The van der Waals surface area contributed by atoms with E-state index in [1.165, 1.54) is 10.6 Å². The van der Waals surface area contributed by atoms with E-state index in [1.54, 1.807) is 27.0 Å². The van der Waals surface area contributed by atoms with Gasteiger partial charge in [0.1, 0.15) is 11.5 Å². The molecule has 23 heavy (non-hydrogen) atoms. The summed E-state index contributed by atoms with van der Waals surface area (Å²) in [4.78, 5) is 12.3. The topological polar surface area (TPSA) is 88.8 Å². The Kier molecular flexibility index (Phi) is 5.17. The Hall–Kier alpha value is -1.38. The van der Waals surface area contributed by atoms with Crippen molar-refractivity contribution in [2.45, 2.75) is 32.3 Å². The normalized spacial score (nSPS) is 18.8. The van der Waals surface area contributed by atoms with Crippen LogP contribution in [-0.2, 0) is 14.8 Å². The number of rotatable bonds is 5. The predicted molar refractivity (Wildman–Crippen MR) is 85.9 cm³/mol. The van der Waals surface area contributed by atoms with Gasteiger partial charge in [0.25, 0.3) is 5.91 Å².